The number of aryl methyl sites for hydroxylation is 1. The van der Waals surface area contributed by atoms with E-state index in [4.69, 9.17) is 4.74 Å². The number of hydrogen-bond acceptors (Lipinski definition) is 6. The molecule has 0 bridgehead atoms. The minimum Gasteiger partial charge on any atom is -0.423 e. The lowest BCUT2D eigenvalue weighted by Gasteiger charge is -2.35. The van der Waals surface area contributed by atoms with Gasteiger partial charge in [-0.25, -0.2) is 13.3 Å². The predicted octanol–water partition coefficient (Wildman–Crippen LogP) is 1.72. The maximum Gasteiger partial charge on any atom is 0.298 e. The number of carbonyl (C=O) groups excluding carboxylic acids is 1. The van der Waals surface area contributed by atoms with Crippen LogP contribution in [0.25, 0.3) is 5.65 Å². The van der Waals surface area contributed by atoms with Gasteiger partial charge in [0.15, 0.2) is 11.4 Å². The number of aromatic amines is 1. The van der Waals surface area contributed by atoms with E-state index in [9.17, 15) is 18.4 Å². The summed E-state index contributed by atoms with van der Waals surface area (Å²) in [6, 6.07) is 3.57. The summed E-state index contributed by atoms with van der Waals surface area (Å²) in [6.45, 7) is 4.90. The molecule has 0 radical (unpaired) electrons. The van der Waals surface area contributed by atoms with E-state index in [1.807, 2.05) is 11.8 Å². The number of halogens is 2. The highest BCUT2D eigenvalue weighted by Crippen LogP contribution is 2.26. The van der Waals surface area contributed by atoms with Crippen molar-refractivity contribution >= 4 is 17.8 Å². The fourth-order valence-corrected chi connectivity index (χ4v) is 3.69. The third-order valence-electron chi connectivity index (χ3n) is 5.28. The number of hydrogen-bond donors (Lipinski definition) is 1. The maximum atomic E-state index is 14.0. The molecule has 158 valence electrons. The van der Waals surface area contributed by atoms with Crippen LogP contribution in [0.5, 0.6) is 5.75 Å². The van der Waals surface area contributed by atoms with Crippen molar-refractivity contribution in [2.75, 3.05) is 31.1 Å². The average molecular weight is 417 g/mol. The number of piperazine rings is 1. The Morgan fingerprint density at radius 2 is 2.00 bits per heavy atom. The normalized spacial score (nSPS) is 15.0. The van der Waals surface area contributed by atoms with Crippen molar-refractivity contribution in [1.29, 1.82) is 0 Å². The van der Waals surface area contributed by atoms with Crippen LogP contribution in [0.2, 0.25) is 0 Å². The van der Waals surface area contributed by atoms with Gasteiger partial charge in [-0.05, 0) is 18.6 Å². The van der Waals surface area contributed by atoms with E-state index in [0.717, 1.165) is 6.07 Å². The summed E-state index contributed by atoms with van der Waals surface area (Å²) in [5.41, 5.74) is 1.54. The van der Waals surface area contributed by atoms with Crippen molar-refractivity contribution in [3.63, 3.8) is 0 Å². The Morgan fingerprint density at radius 3 is 2.67 bits per heavy atom. The summed E-state index contributed by atoms with van der Waals surface area (Å²) < 4.78 is 33.8. The molecule has 0 spiro atoms. The van der Waals surface area contributed by atoms with Crippen LogP contribution in [-0.2, 0) is 17.8 Å². The standard InChI is InChI=1S/C20H21F2N5O3/c1-2-13-10-27-19(23-20(13)29)18(30-12-28)16(24-27)11-25-5-7-26(8-6-25)17-4-3-14(21)9-15(17)22/h3-4,9-10,12H,2,5-8,11H2,1H3,(H,23,29). The number of nitrogens with one attached hydrogen (secondary N) is 1. The summed E-state index contributed by atoms with van der Waals surface area (Å²) in [5, 5.41) is 4.48. The monoisotopic (exact) mass is 417 g/mol. The summed E-state index contributed by atoms with van der Waals surface area (Å²) in [7, 11) is 0. The van der Waals surface area contributed by atoms with Crippen molar-refractivity contribution in [3.8, 4) is 5.75 Å². The van der Waals surface area contributed by atoms with E-state index in [1.54, 1.807) is 6.20 Å². The predicted molar refractivity (Wildman–Crippen MR) is 106 cm³/mol. The van der Waals surface area contributed by atoms with Crippen LogP contribution in [0.4, 0.5) is 14.5 Å². The zero-order valence-electron chi connectivity index (χ0n) is 16.4. The number of fused-ring (bicyclic) bond motifs is 1. The molecular formula is C20H21F2N5O3. The number of rotatable bonds is 6. The third-order valence-corrected chi connectivity index (χ3v) is 5.28. The third kappa shape index (κ3) is 3.78. The van der Waals surface area contributed by atoms with Crippen molar-refractivity contribution in [1.82, 2.24) is 19.5 Å². The van der Waals surface area contributed by atoms with Crippen LogP contribution >= 0.6 is 0 Å². The molecule has 3 aromatic rings. The first-order valence-electron chi connectivity index (χ1n) is 9.66. The van der Waals surface area contributed by atoms with E-state index >= 15 is 0 Å². The average Bonchev–Trinajstić information content (AvgIpc) is 3.04. The molecule has 0 aliphatic carbocycles. The highest BCUT2D eigenvalue weighted by atomic mass is 19.1. The molecule has 0 atom stereocenters. The lowest BCUT2D eigenvalue weighted by Crippen LogP contribution is -2.46. The fraction of sp³-hybridized carbons (Fsp3) is 0.350. The Labute approximate surface area is 170 Å². The van der Waals surface area contributed by atoms with Gasteiger partial charge in [-0.1, -0.05) is 6.92 Å². The molecule has 8 nitrogen and oxygen atoms in total. The van der Waals surface area contributed by atoms with Crippen LogP contribution in [0.1, 0.15) is 18.2 Å². The van der Waals surface area contributed by atoms with Gasteiger partial charge in [-0.3, -0.25) is 14.5 Å². The highest BCUT2D eigenvalue weighted by Gasteiger charge is 2.23. The van der Waals surface area contributed by atoms with Crippen LogP contribution < -0.4 is 15.2 Å². The zero-order valence-corrected chi connectivity index (χ0v) is 16.4. The number of nitrogens with zero attached hydrogens (tertiary/aromatic N) is 4. The molecule has 0 amide bonds. The number of H-pyrrole nitrogens is 1. The van der Waals surface area contributed by atoms with Gasteiger partial charge in [0.05, 0.1) is 5.69 Å². The quantitative estimate of drug-likeness (QED) is 0.615. The molecule has 1 aliphatic heterocycles. The molecule has 0 unspecified atom stereocenters. The molecule has 1 aliphatic rings. The summed E-state index contributed by atoms with van der Waals surface area (Å²) in [4.78, 5) is 29.8. The van der Waals surface area contributed by atoms with Crippen molar-refractivity contribution in [2.45, 2.75) is 19.9 Å². The van der Waals surface area contributed by atoms with E-state index in [0.29, 0.717) is 68.2 Å². The largest absolute Gasteiger partial charge is 0.423 e. The van der Waals surface area contributed by atoms with Crippen molar-refractivity contribution in [2.24, 2.45) is 0 Å². The van der Waals surface area contributed by atoms with Gasteiger partial charge in [0.2, 0.25) is 0 Å². The van der Waals surface area contributed by atoms with Crippen LogP contribution in [0.15, 0.2) is 29.2 Å². The first-order chi connectivity index (χ1) is 14.5. The molecule has 10 heteroatoms. The molecular weight excluding hydrogens is 396 g/mol. The molecule has 4 rings (SSSR count). The molecule has 1 N–H and O–H groups in total. The first kappa shape index (κ1) is 20.0. The molecule has 1 aromatic carbocycles. The van der Waals surface area contributed by atoms with Gasteiger partial charge >= 0.3 is 0 Å². The lowest BCUT2D eigenvalue weighted by atomic mass is 10.2. The second kappa shape index (κ2) is 8.23. The van der Waals surface area contributed by atoms with Crippen LogP contribution in [0, 0.1) is 11.6 Å². The van der Waals surface area contributed by atoms with Crippen molar-refractivity contribution < 1.29 is 18.3 Å². The number of anilines is 1. The molecule has 3 heterocycles. The number of benzene rings is 1. The maximum absolute atomic E-state index is 14.0. The van der Waals surface area contributed by atoms with E-state index in [-0.39, 0.29) is 11.3 Å². The topological polar surface area (TPSA) is 82.9 Å². The molecule has 30 heavy (non-hydrogen) atoms. The second-order valence-electron chi connectivity index (χ2n) is 7.10. The SMILES string of the molecule is CCc1cn2nc(CN3CCN(c4ccc(F)cc4F)CC3)c(OC=O)c2[nH]c1=O. The minimum atomic E-state index is -0.603. The number of aromatic nitrogens is 3. The van der Waals surface area contributed by atoms with Gasteiger partial charge in [-0.2, -0.15) is 5.10 Å². The van der Waals surface area contributed by atoms with Gasteiger partial charge in [-0.15, -0.1) is 0 Å². The Balaban J connectivity index is 1.52. The summed E-state index contributed by atoms with van der Waals surface area (Å²) in [5.74, 6) is -0.966. The zero-order chi connectivity index (χ0) is 21.3. The van der Waals surface area contributed by atoms with Gasteiger partial charge in [0.1, 0.15) is 17.3 Å². The molecule has 2 aromatic heterocycles. The van der Waals surface area contributed by atoms with Crippen molar-refractivity contribution in [3.05, 3.63) is 57.6 Å². The summed E-state index contributed by atoms with van der Waals surface area (Å²) in [6.07, 6.45) is 2.18. The van der Waals surface area contributed by atoms with Gasteiger partial charge in [0, 0.05) is 50.6 Å². The minimum absolute atomic E-state index is 0.219. The van der Waals surface area contributed by atoms with Gasteiger partial charge < -0.3 is 14.6 Å². The van der Waals surface area contributed by atoms with Crippen LogP contribution in [0.3, 0.4) is 0 Å². The van der Waals surface area contributed by atoms with Gasteiger partial charge in [0.25, 0.3) is 12.0 Å². The Kier molecular flexibility index (Phi) is 5.49. The fourth-order valence-electron chi connectivity index (χ4n) is 3.69. The number of carbonyl (C=O) groups is 1. The smallest absolute Gasteiger partial charge is 0.298 e. The first-order valence-corrected chi connectivity index (χ1v) is 9.66. The van der Waals surface area contributed by atoms with E-state index < -0.39 is 11.6 Å². The Morgan fingerprint density at radius 1 is 1.23 bits per heavy atom. The second-order valence-corrected chi connectivity index (χ2v) is 7.10. The highest BCUT2D eigenvalue weighted by molar-refractivity contribution is 5.61. The molecule has 1 fully saturated rings. The summed E-state index contributed by atoms with van der Waals surface area (Å²) >= 11 is 0. The molecule has 1 saturated heterocycles. The van der Waals surface area contributed by atoms with E-state index in [2.05, 4.69) is 15.0 Å². The number of ether oxygens (including phenoxy) is 1. The Hall–Kier alpha value is -3.27. The Bertz CT molecular complexity index is 1140. The van der Waals surface area contributed by atoms with Crippen LogP contribution in [-0.4, -0.2) is 52.1 Å². The van der Waals surface area contributed by atoms with E-state index in [1.165, 1.54) is 16.6 Å². The molecule has 0 saturated carbocycles. The lowest BCUT2D eigenvalue weighted by molar-refractivity contribution is -0.120.